The lowest BCUT2D eigenvalue weighted by molar-refractivity contribution is -0.142. The summed E-state index contributed by atoms with van der Waals surface area (Å²) >= 11 is 0. The van der Waals surface area contributed by atoms with Gasteiger partial charge in [-0.3, -0.25) is 9.59 Å². The summed E-state index contributed by atoms with van der Waals surface area (Å²) < 4.78 is 5.35. The number of amides is 1. The van der Waals surface area contributed by atoms with E-state index in [1.165, 1.54) is 0 Å². The summed E-state index contributed by atoms with van der Waals surface area (Å²) in [6.07, 6.45) is 0.355. The molecule has 1 saturated heterocycles. The Labute approximate surface area is 90.6 Å². The predicted molar refractivity (Wildman–Crippen MR) is 56.5 cm³/mol. The van der Waals surface area contributed by atoms with Crippen LogP contribution in [0.15, 0.2) is 0 Å². The van der Waals surface area contributed by atoms with Crippen molar-refractivity contribution in [3.63, 3.8) is 0 Å². The van der Waals surface area contributed by atoms with Crippen molar-refractivity contribution in [1.82, 2.24) is 4.90 Å². The van der Waals surface area contributed by atoms with Crippen LogP contribution in [0.25, 0.3) is 0 Å². The summed E-state index contributed by atoms with van der Waals surface area (Å²) in [6.45, 7) is 7.72. The second-order valence-corrected chi connectivity index (χ2v) is 4.14. The van der Waals surface area contributed by atoms with Crippen molar-refractivity contribution in [3.05, 3.63) is 0 Å². The lowest BCUT2D eigenvalue weighted by Gasteiger charge is -2.30. The van der Waals surface area contributed by atoms with Crippen molar-refractivity contribution in [2.75, 3.05) is 19.8 Å². The zero-order valence-corrected chi connectivity index (χ0v) is 9.66. The van der Waals surface area contributed by atoms with E-state index in [-0.39, 0.29) is 17.7 Å². The molecule has 0 radical (unpaired) electrons. The van der Waals surface area contributed by atoms with Gasteiger partial charge in [-0.25, -0.2) is 0 Å². The fourth-order valence-electron chi connectivity index (χ4n) is 1.79. The molecule has 0 aromatic heterocycles. The van der Waals surface area contributed by atoms with E-state index in [9.17, 15) is 9.59 Å². The van der Waals surface area contributed by atoms with Crippen LogP contribution < -0.4 is 0 Å². The van der Waals surface area contributed by atoms with Crippen LogP contribution in [0.1, 0.15) is 27.2 Å². The molecule has 0 aliphatic carbocycles. The predicted octanol–water partition coefficient (Wildman–Crippen LogP) is 0.849. The molecule has 0 bridgehead atoms. The topological polar surface area (TPSA) is 46.6 Å². The van der Waals surface area contributed by atoms with E-state index < -0.39 is 0 Å². The van der Waals surface area contributed by atoms with Crippen LogP contribution in [-0.4, -0.2) is 42.4 Å². The first-order valence-corrected chi connectivity index (χ1v) is 5.49. The van der Waals surface area contributed by atoms with Crippen LogP contribution in [0.2, 0.25) is 0 Å². The third-order valence-electron chi connectivity index (χ3n) is 2.74. The van der Waals surface area contributed by atoms with Gasteiger partial charge in [-0.15, -0.1) is 0 Å². The largest absolute Gasteiger partial charge is 0.380 e. The quantitative estimate of drug-likeness (QED) is 0.636. The van der Waals surface area contributed by atoms with E-state index in [1.807, 2.05) is 20.8 Å². The molecule has 1 aliphatic heterocycles. The van der Waals surface area contributed by atoms with E-state index in [0.717, 1.165) is 0 Å². The zero-order valence-electron chi connectivity index (χ0n) is 9.66. The summed E-state index contributed by atoms with van der Waals surface area (Å²) in [4.78, 5) is 24.3. The Kier molecular flexibility index (Phi) is 4.27. The number of ether oxygens (including phenoxy) is 1. The van der Waals surface area contributed by atoms with Gasteiger partial charge in [-0.05, 0) is 12.8 Å². The molecular formula is C11H19NO3. The van der Waals surface area contributed by atoms with Crippen LogP contribution >= 0.6 is 0 Å². The van der Waals surface area contributed by atoms with E-state index >= 15 is 0 Å². The monoisotopic (exact) mass is 213 g/mol. The number of rotatable bonds is 5. The van der Waals surface area contributed by atoms with Crippen LogP contribution in [0.5, 0.6) is 0 Å². The molecule has 0 N–H and O–H groups in total. The summed E-state index contributed by atoms with van der Waals surface area (Å²) in [5.74, 6) is -0.294. The lowest BCUT2D eigenvalue weighted by Crippen LogP contribution is -2.44. The maximum absolute atomic E-state index is 11.5. The second kappa shape index (κ2) is 5.26. The van der Waals surface area contributed by atoms with Crippen molar-refractivity contribution < 1.29 is 14.3 Å². The van der Waals surface area contributed by atoms with Gasteiger partial charge in [0.05, 0.1) is 12.6 Å². The van der Waals surface area contributed by atoms with Gasteiger partial charge in [0.15, 0.2) is 0 Å². The first kappa shape index (κ1) is 12.2. The highest BCUT2D eigenvalue weighted by Gasteiger charge is 2.35. The van der Waals surface area contributed by atoms with Gasteiger partial charge in [0.25, 0.3) is 5.91 Å². The van der Waals surface area contributed by atoms with Gasteiger partial charge in [0.1, 0.15) is 0 Å². The lowest BCUT2D eigenvalue weighted by atomic mass is 10.0. The molecule has 1 unspecified atom stereocenters. The minimum absolute atomic E-state index is 0.0314. The summed E-state index contributed by atoms with van der Waals surface area (Å²) in [5.41, 5.74) is 0. The van der Waals surface area contributed by atoms with Crippen LogP contribution in [-0.2, 0) is 14.3 Å². The van der Waals surface area contributed by atoms with Gasteiger partial charge < -0.3 is 9.64 Å². The second-order valence-electron chi connectivity index (χ2n) is 4.14. The fraction of sp³-hybridized carbons (Fsp3) is 0.818. The van der Waals surface area contributed by atoms with Gasteiger partial charge in [0, 0.05) is 19.6 Å². The molecule has 4 nitrogen and oxygen atoms in total. The molecule has 4 heteroatoms. The normalized spacial score (nSPS) is 19.1. The third kappa shape index (κ3) is 2.78. The molecule has 15 heavy (non-hydrogen) atoms. The average Bonchev–Trinajstić information content (AvgIpc) is 2.50. The SMILES string of the molecule is CCOCC(C(C)C)N1CCC(=O)C1=O. The Hall–Kier alpha value is -0.900. The molecule has 1 fully saturated rings. The maximum atomic E-state index is 11.5. The van der Waals surface area contributed by atoms with Crippen molar-refractivity contribution in [1.29, 1.82) is 0 Å². The van der Waals surface area contributed by atoms with E-state index in [0.29, 0.717) is 32.1 Å². The van der Waals surface area contributed by atoms with Gasteiger partial charge >= 0.3 is 0 Å². The minimum atomic E-state index is -0.339. The highest BCUT2D eigenvalue weighted by atomic mass is 16.5. The average molecular weight is 213 g/mol. The van der Waals surface area contributed by atoms with Gasteiger partial charge in [-0.2, -0.15) is 0 Å². The first-order chi connectivity index (χ1) is 7.07. The molecule has 86 valence electrons. The van der Waals surface area contributed by atoms with Crippen LogP contribution in [0.3, 0.4) is 0 Å². The fourth-order valence-corrected chi connectivity index (χ4v) is 1.79. The molecular weight excluding hydrogens is 194 g/mol. The Bertz CT molecular complexity index is 250. The molecule has 1 aliphatic rings. The Morgan fingerprint density at radius 2 is 2.07 bits per heavy atom. The van der Waals surface area contributed by atoms with E-state index in [4.69, 9.17) is 4.74 Å². The van der Waals surface area contributed by atoms with Crippen LogP contribution in [0, 0.1) is 5.92 Å². The molecule has 0 spiro atoms. The molecule has 0 aromatic carbocycles. The molecule has 1 heterocycles. The smallest absolute Gasteiger partial charge is 0.290 e. The van der Waals surface area contributed by atoms with E-state index in [2.05, 4.69) is 0 Å². The van der Waals surface area contributed by atoms with Gasteiger partial charge in [-0.1, -0.05) is 13.8 Å². The molecule has 0 saturated carbocycles. The number of hydrogen-bond donors (Lipinski definition) is 0. The Morgan fingerprint density at radius 3 is 2.47 bits per heavy atom. The summed E-state index contributed by atoms with van der Waals surface area (Å²) in [6, 6.07) is 0.0314. The maximum Gasteiger partial charge on any atom is 0.290 e. The van der Waals surface area contributed by atoms with Crippen LogP contribution in [0.4, 0.5) is 0 Å². The van der Waals surface area contributed by atoms with E-state index in [1.54, 1.807) is 4.90 Å². The highest BCUT2D eigenvalue weighted by Crippen LogP contribution is 2.17. The highest BCUT2D eigenvalue weighted by molar-refractivity contribution is 6.37. The number of ketones is 1. The van der Waals surface area contributed by atoms with Crippen molar-refractivity contribution in [2.45, 2.75) is 33.2 Å². The Balaban J connectivity index is 2.63. The summed E-state index contributed by atoms with van der Waals surface area (Å²) in [7, 11) is 0. The molecule has 1 atom stereocenters. The molecule has 1 amide bonds. The van der Waals surface area contributed by atoms with Crippen molar-refractivity contribution in [2.24, 2.45) is 5.92 Å². The number of Topliss-reactive ketones (excluding diaryl/α,β-unsaturated/α-hetero) is 1. The number of carbonyl (C=O) groups is 2. The zero-order chi connectivity index (χ0) is 11.4. The van der Waals surface area contributed by atoms with Crippen molar-refractivity contribution >= 4 is 11.7 Å². The molecule has 0 aromatic rings. The third-order valence-corrected chi connectivity index (χ3v) is 2.74. The summed E-state index contributed by atoms with van der Waals surface area (Å²) in [5, 5.41) is 0. The number of hydrogen-bond acceptors (Lipinski definition) is 3. The Morgan fingerprint density at radius 1 is 1.40 bits per heavy atom. The van der Waals surface area contributed by atoms with Crippen molar-refractivity contribution in [3.8, 4) is 0 Å². The first-order valence-electron chi connectivity index (χ1n) is 5.49. The number of likely N-dealkylation sites (tertiary alicyclic amines) is 1. The van der Waals surface area contributed by atoms with Gasteiger partial charge in [0.2, 0.25) is 5.78 Å². The minimum Gasteiger partial charge on any atom is -0.380 e. The molecule has 1 rings (SSSR count). The number of carbonyl (C=O) groups excluding carboxylic acids is 2. The number of nitrogens with zero attached hydrogens (tertiary/aromatic N) is 1. The standard InChI is InChI=1S/C11H19NO3/c1-4-15-7-9(8(2)3)12-6-5-10(13)11(12)14/h8-9H,4-7H2,1-3H3.